The van der Waals surface area contributed by atoms with E-state index in [-0.39, 0.29) is 16.8 Å². The molecule has 2 aliphatic rings. The highest BCUT2D eigenvalue weighted by Crippen LogP contribution is 2.39. The first kappa shape index (κ1) is 27.8. The Kier molecular flexibility index (Phi) is 7.60. The molecule has 2 saturated heterocycles. The first-order chi connectivity index (χ1) is 20.3. The van der Waals surface area contributed by atoms with Gasteiger partial charge >= 0.3 is 5.97 Å². The molecular formula is C33H35FN4O4. The third kappa shape index (κ3) is 5.20. The van der Waals surface area contributed by atoms with Crippen molar-refractivity contribution in [2.75, 3.05) is 56.2 Å². The molecule has 0 saturated carbocycles. The van der Waals surface area contributed by atoms with E-state index in [0.717, 1.165) is 37.0 Å². The molecule has 1 aromatic heterocycles. The first-order valence-corrected chi connectivity index (χ1v) is 14.4. The summed E-state index contributed by atoms with van der Waals surface area (Å²) in [6, 6.07) is 17.3. The molecule has 42 heavy (non-hydrogen) atoms. The SMILES string of the molecule is COc1c(N2CCN(c3ccc(C)cc3)CC2)c(F)cc2c(=O)c(C(=O)O)cn(-c3ccc(CN4CCCC4)cc3)c12. The first-order valence-electron chi connectivity index (χ1n) is 14.4. The van der Waals surface area contributed by atoms with Gasteiger partial charge in [-0.25, -0.2) is 9.18 Å². The number of pyridine rings is 1. The second-order valence-electron chi connectivity index (χ2n) is 11.1. The molecule has 3 aromatic carbocycles. The van der Waals surface area contributed by atoms with Gasteiger partial charge in [0.2, 0.25) is 5.43 Å². The Balaban J connectivity index is 1.41. The largest absolute Gasteiger partial charge is 0.492 e. The lowest BCUT2D eigenvalue weighted by Crippen LogP contribution is -2.47. The maximum atomic E-state index is 15.9. The number of carboxylic acid groups (broad SMARTS) is 1. The van der Waals surface area contributed by atoms with Crippen molar-refractivity contribution < 1.29 is 19.0 Å². The summed E-state index contributed by atoms with van der Waals surface area (Å²) in [7, 11) is 1.46. The van der Waals surface area contributed by atoms with E-state index < -0.39 is 22.8 Å². The Morgan fingerprint density at radius 3 is 2.14 bits per heavy atom. The van der Waals surface area contributed by atoms with Crippen LogP contribution in [0, 0.1) is 12.7 Å². The van der Waals surface area contributed by atoms with Gasteiger partial charge in [-0.05, 0) is 68.8 Å². The van der Waals surface area contributed by atoms with Gasteiger partial charge < -0.3 is 24.2 Å². The fourth-order valence-electron chi connectivity index (χ4n) is 6.16. The Hall–Kier alpha value is -4.37. The minimum atomic E-state index is -1.36. The third-order valence-electron chi connectivity index (χ3n) is 8.42. The van der Waals surface area contributed by atoms with E-state index in [1.54, 1.807) is 4.57 Å². The Bertz CT molecular complexity index is 1670. The van der Waals surface area contributed by atoms with Gasteiger partial charge in [0, 0.05) is 50.3 Å². The molecule has 9 heteroatoms. The zero-order chi connectivity index (χ0) is 29.4. The topological polar surface area (TPSA) is 78.2 Å². The van der Waals surface area contributed by atoms with Crippen LogP contribution in [0.2, 0.25) is 0 Å². The van der Waals surface area contributed by atoms with Gasteiger partial charge in [0.15, 0.2) is 11.6 Å². The Morgan fingerprint density at radius 2 is 1.52 bits per heavy atom. The number of halogens is 1. The molecule has 0 spiro atoms. The number of methoxy groups -OCH3 is 1. The molecule has 4 aromatic rings. The molecule has 2 fully saturated rings. The van der Waals surface area contributed by atoms with E-state index >= 15 is 4.39 Å². The van der Waals surface area contributed by atoms with Crippen LogP contribution in [0.25, 0.3) is 16.6 Å². The lowest BCUT2D eigenvalue weighted by Gasteiger charge is -2.38. The molecule has 0 atom stereocenters. The third-order valence-corrected chi connectivity index (χ3v) is 8.42. The molecule has 2 aliphatic heterocycles. The fourth-order valence-corrected chi connectivity index (χ4v) is 6.16. The summed E-state index contributed by atoms with van der Waals surface area (Å²) < 4.78 is 23.4. The Labute approximate surface area is 244 Å². The minimum Gasteiger partial charge on any atom is -0.492 e. The van der Waals surface area contributed by atoms with Crippen molar-refractivity contribution in [1.82, 2.24) is 9.47 Å². The highest BCUT2D eigenvalue weighted by molar-refractivity contribution is 5.97. The van der Waals surface area contributed by atoms with Crippen molar-refractivity contribution in [2.45, 2.75) is 26.3 Å². The normalized spacial score (nSPS) is 15.9. The molecule has 8 nitrogen and oxygen atoms in total. The molecule has 3 heterocycles. The van der Waals surface area contributed by atoms with Crippen molar-refractivity contribution in [2.24, 2.45) is 0 Å². The van der Waals surface area contributed by atoms with Crippen LogP contribution in [-0.2, 0) is 6.54 Å². The number of aryl methyl sites for hydroxylation is 1. The molecule has 0 bridgehead atoms. The zero-order valence-corrected chi connectivity index (χ0v) is 24.0. The zero-order valence-electron chi connectivity index (χ0n) is 24.0. The van der Waals surface area contributed by atoms with E-state index in [4.69, 9.17) is 4.74 Å². The molecule has 0 radical (unpaired) electrons. The highest BCUT2D eigenvalue weighted by atomic mass is 19.1. The number of piperazine rings is 1. The van der Waals surface area contributed by atoms with E-state index in [1.165, 1.54) is 31.7 Å². The molecule has 0 amide bonds. The number of ether oxygens (including phenoxy) is 1. The predicted octanol–water partition coefficient (Wildman–Crippen LogP) is 5.07. The van der Waals surface area contributed by atoms with Crippen LogP contribution < -0.4 is 20.0 Å². The molecular weight excluding hydrogens is 535 g/mol. The van der Waals surface area contributed by atoms with Gasteiger partial charge in [-0.2, -0.15) is 0 Å². The monoisotopic (exact) mass is 570 g/mol. The van der Waals surface area contributed by atoms with E-state index in [1.807, 2.05) is 29.2 Å². The number of rotatable bonds is 7. The number of aromatic carboxylic acids is 1. The average Bonchev–Trinajstić information content (AvgIpc) is 3.51. The number of carbonyl (C=O) groups is 1. The minimum absolute atomic E-state index is 0.0348. The molecule has 0 unspecified atom stereocenters. The van der Waals surface area contributed by atoms with Gasteiger partial charge in [-0.15, -0.1) is 0 Å². The number of fused-ring (bicyclic) bond motifs is 1. The number of aromatic nitrogens is 1. The summed E-state index contributed by atoms with van der Waals surface area (Å²) in [5.41, 5.74) is 3.57. The second kappa shape index (κ2) is 11.5. The molecule has 6 rings (SSSR count). The number of hydrogen-bond acceptors (Lipinski definition) is 6. The number of hydrogen-bond donors (Lipinski definition) is 1. The van der Waals surface area contributed by atoms with Crippen molar-refractivity contribution in [1.29, 1.82) is 0 Å². The number of carboxylic acids is 1. The van der Waals surface area contributed by atoms with Crippen LogP contribution in [0.15, 0.2) is 65.6 Å². The summed E-state index contributed by atoms with van der Waals surface area (Å²) >= 11 is 0. The van der Waals surface area contributed by atoms with E-state index in [2.05, 4.69) is 41.0 Å². The maximum absolute atomic E-state index is 15.9. The van der Waals surface area contributed by atoms with E-state index in [0.29, 0.717) is 37.4 Å². The van der Waals surface area contributed by atoms with Gasteiger partial charge in [0.05, 0.1) is 12.5 Å². The van der Waals surface area contributed by atoms with Crippen molar-refractivity contribution >= 4 is 28.2 Å². The standard InChI is InChI=1S/C33H35FN4O4/c1-22-5-9-24(10-6-22)36-15-17-37(18-16-36)30-28(34)19-26-29(32(30)42-2)38(21-27(31(26)39)33(40)41)25-11-7-23(8-12-25)20-35-13-3-4-14-35/h5-12,19,21H,3-4,13-18,20H2,1-2H3,(H,40,41). The lowest BCUT2D eigenvalue weighted by molar-refractivity contribution is 0.0695. The van der Waals surface area contributed by atoms with Gasteiger partial charge in [-0.1, -0.05) is 29.8 Å². The van der Waals surface area contributed by atoms with E-state index in [9.17, 15) is 14.7 Å². The fraction of sp³-hybridized carbons (Fsp3) is 0.333. The predicted molar refractivity (Wildman–Crippen MR) is 163 cm³/mol. The van der Waals surface area contributed by atoms with Crippen LogP contribution in [0.5, 0.6) is 5.75 Å². The van der Waals surface area contributed by atoms with Gasteiger partial charge in [0.25, 0.3) is 0 Å². The summed E-state index contributed by atoms with van der Waals surface area (Å²) in [6.45, 7) is 7.54. The summed E-state index contributed by atoms with van der Waals surface area (Å²) in [6.07, 6.45) is 3.74. The lowest BCUT2D eigenvalue weighted by atomic mass is 10.1. The second-order valence-corrected chi connectivity index (χ2v) is 11.1. The molecule has 1 N–H and O–H groups in total. The number of nitrogens with zero attached hydrogens (tertiary/aromatic N) is 4. The summed E-state index contributed by atoms with van der Waals surface area (Å²) in [5, 5.41) is 9.80. The van der Waals surface area contributed by atoms with Gasteiger partial charge in [0.1, 0.15) is 16.8 Å². The number of anilines is 2. The number of likely N-dealkylation sites (tertiary alicyclic amines) is 1. The smallest absolute Gasteiger partial charge is 0.341 e. The Morgan fingerprint density at radius 1 is 0.905 bits per heavy atom. The quantitative estimate of drug-likeness (QED) is 0.333. The summed E-state index contributed by atoms with van der Waals surface area (Å²) in [5.74, 6) is -1.77. The van der Waals surface area contributed by atoms with Crippen molar-refractivity contribution in [3.05, 3.63) is 93.5 Å². The molecule has 0 aliphatic carbocycles. The van der Waals surface area contributed by atoms with Crippen LogP contribution >= 0.6 is 0 Å². The van der Waals surface area contributed by atoms with Crippen LogP contribution in [0.3, 0.4) is 0 Å². The van der Waals surface area contributed by atoms with Crippen molar-refractivity contribution in [3.63, 3.8) is 0 Å². The maximum Gasteiger partial charge on any atom is 0.341 e. The molecule has 218 valence electrons. The average molecular weight is 571 g/mol. The van der Waals surface area contributed by atoms with Crippen LogP contribution in [0.4, 0.5) is 15.8 Å². The van der Waals surface area contributed by atoms with Gasteiger partial charge in [-0.3, -0.25) is 9.69 Å². The number of benzene rings is 3. The van der Waals surface area contributed by atoms with Crippen molar-refractivity contribution in [3.8, 4) is 11.4 Å². The van der Waals surface area contributed by atoms with Crippen LogP contribution in [-0.4, -0.2) is 66.9 Å². The summed E-state index contributed by atoms with van der Waals surface area (Å²) in [4.78, 5) is 32.0. The van der Waals surface area contributed by atoms with Crippen LogP contribution in [0.1, 0.15) is 34.3 Å². The highest BCUT2D eigenvalue weighted by Gasteiger charge is 2.28.